The number of H-pyrrole nitrogens is 2. The molecule has 4 aromatic rings. The van der Waals surface area contributed by atoms with Gasteiger partial charge < -0.3 is 19.4 Å². The van der Waals surface area contributed by atoms with E-state index >= 15 is 0 Å². The molecule has 0 saturated carbocycles. The third-order valence-corrected chi connectivity index (χ3v) is 3.80. The summed E-state index contributed by atoms with van der Waals surface area (Å²) >= 11 is 0. The highest BCUT2D eigenvalue weighted by Crippen LogP contribution is 2.16. The molecule has 0 bridgehead atoms. The average molecular weight is 322 g/mol. The standard InChI is InChI=1S/C18H18N4O2/c1(11-23-17-5-3-13-15(21-17)7-9-19-13)2-12-24-18-6-4-14-16(22-18)8-10-20-14/h3-10,19-20H,1-2,11-12H2. The summed E-state index contributed by atoms with van der Waals surface area (Å²) in [4.78, 5) is 15.1. The van der Waals surface area contributed by atoms with Crippen LogP contribution in [-0.2, 0) is 0 Å². The lowest BCUT2D eigenvalue weighted by molar-refractivity contribution is 0.257. The van der Waals surface area contributed by atoms with Crippen LogP contribution in [0.3, 0.4) is 0 Å². The van der Waals surface area contributed by atoms with Gasteiger partial charge in [0, 0.05) is 24.5 Å². The second-order valence-corrected chi connectivity index (χ2v) is 5.52. The Hall–Kier alpha value is -3.02. The van der Waals surface area contributed by atoms with Crippen molar-refractivity contribution in [3.8, 4) is 11.8 Å². The van der Waals surface area contributed by atoms with E-state index in [9.17, 15) is 0 Å². The van der Waals surface area contributed by atoms with E-state index in [-0.39, 0.29) is 0 Å². The Labute approximate surface area is 138 Å². The fraction of sp³-hybridized carbons (Fsp3) is 0.222. The third kappa shape index (κ3) is 3.17. The van der Waals surface area contributed by atoms with Gasteiger partial charge in [0.25, 0.3) is 0 Å². The predicted molar refractivity (Wildman–Crippen MR) is 92.4 cm³/mol. The Balaban J connectivity index is 1.20. The minimum Gasteiger partial charge on any atom is -0.478 e. The van der Waals surface area contributed by atoms with Crippen LogP contribution in [0, 0.1) is 0 Å². The minimum atomic E-state index is 0.622. The van der Waals surface area contributed by atoms with Gasteiger partial charge in [0.15, 0.2) is 0 Å². The van der Waals surface area contributed by atoms with Crippen molar-refractivity contribution in [1.29, 1.82) is 0 Å². The first kappa shape index (κ1) is 14.6. The maximum Gasteiger partial charge on any atom is 0.213 e. The molecule has 2 N–H and O–H groups in total. The lowest BCUT2D eigenvalue weighted by Gasteiger charge is -2.07. The topological polar surface area (TPSA) is 75.8 Å². The van der Waals surface area contributed by atoms with E-state index in [2.05, 4.69) is 19.9 Å². The Morgan fingerprint density at radius 2 is 1.17 bits per heavy atom. The number of hydrogen-bond acceptors (Lipinski definition) is 4. The molecule has 0 spiro atoms. The van der Waals surface area contributed by atoms with Crippen molar-refractivity contribution in [3.63, 3.8) is 0 Å². The fourth-order valence-corrected chi connectivity index (χ4v) is 2.55. The first-order valence-electron chi connectivity index (χ1n) is 8.02. The van der Waals surface area contributed by atoms with Crippen LogP contribution in [0.25, 0.3) is 22.1 Å². The highest BCUT2D eigenvalue weighted by molar-refractivity contribution is 5.75. The normalized spacial score (nSPS) is 11.2. The maximum atomic E-state index is 5.68. The molecule has 6 heteroatoms. The molecule has 0 aliphatic carbocycles. The van der Waals surface area contributed by atoms with Crippen molar-refractivity contribution in [2.75, 3.05) is 13.2 Å². The molecule has 0 aliphatic rings. The number of aromatic nitrogens is 4. The number of unbranched alkanes of at least 4 members (excludes halogenated alkanes) is 1. The molecular weight excluding hydrogens is 304 g/mol. The number of nitrogens with one attached hydrogen (secondary N) is 2. The lowest BCUT2D eigenvalue weighted by Crippen LogP contribution is -2.04. The molecule has 4 rings (SSSR count). The molecule has 0 aromatic carbocycles. The number of ether oxygens (including phenoxy) is 2. The second-order valence-electron chi connectivity index (χ2n) is 5.52. The molecule has 0 aliphatic heterocycles. The van der Waals surface area contributed by atoms with E-state index in [0.29, 0.717) is 25.0 Å². The Kier molecular flexibility index (Phi) is 4.02. The largest absolute Gasteiger partial charge is 0.478 e. The first-order chi connectivity index (χ1) is 11.9. The van der Waals surface area contributed by atoms with Gasteiger partial charge >= 0.3 is 0 Å². The Morgan fingerprint density at radius 3 is 1.67 bits per heavy atom. The number of aromatic amines is 2. The third-order valence-electron chi connectivity index (χ3n) is 3.80. The van der Waals surface area contributed by atoms with Crippen molar-refractivity contribution in [3.05, 3.63) is 48.8 Å². The summed E-state index contributed by atoms with van der Waals surface area (Å²) in [6.07, 6.45) is 5.55. The molecule has 122 valence electrons. The van der Waals surface area contributed by atoms with Gasteiger partial charge in [0.2, 0.25) is 11.8 Å². The number of pyridine rings is 2. The van der Waals surface area contributed by atoms with Crippen LogP contribution in [-0.4, -0.2) is 33.1 Å². The van der Waals surface area contributed by atoms with E-state index in [0.717, 1.165) is 34.9 Å². The average Bonchev–Trinajstić information content (AvgIpc) is 3.25. The molecule has 0 fully saturated rings. The highest BCUT2D eigenvalue weighted by atomic mass is 16.5. The van der Waals surface area contributed by atoms with Gasteiger partial charge in [0.1, 0.15) is 0 Å². The van der Waals surface area contributed by atoms with Gasteiger partial charge in [-0.15, -0.1) is 0 Å². The predicted octanol–water partition coefficient (Wildman–Crippen LogP) is 3.68. The Morgan fingerprint density at radius 1 is 0.667 bits per heavy atom. The Bertz CT molecular complexity index is 866. The molecule has 0 saturated heterocycles. The second kappa shape index (κ2) is 6.62. The van der Waals surface area contributed by atoms with Crippen molar-refractivity contribution in [2.45, 2.75) is 12.8 Å². The van der Waals surface area contributed by atoms with Gasteiger partial charge in [-0.2, -0.15) is 0 Å². The van der Waals surface area contributed by atoms with E-state index in [4.69, 9.17) is 9.47 Å². The quantitative estimate of drug-likeness (QED) is 0.509. The van der Waals surface area contributed by atoms with Crippen LogP contribution in [0.5, 0.6) is 11.8 Å². The lowest BCUT2D eigenvalue weighted by atomic mass is 10.3. The van der Waals surface area contributed by atoms with Crippen LogP contribution in [0.2, 0.25) is 0 Å². The zero-order valence-corrected chi connectivity index (χ0v) is 13.2. The smallest absolute Gasteiger partial charge is 0.213 e. The zero-order chi connectivity index (χ0) is 16.2. The zero-order valence-electron chi connectivity index (χ0n) is 13.2. The van der Waals surface area contributed by atoms with Crippen molar-refractivity contribution < 1.29 is 9.47 Å². The highest BCUT2D eigenvalue weighted by Gasteiger charge is 2.01. The fourth-order valence-electron chi connectivity index (χ4n) is 2.55. The summed E-state index contributed by atoms with van der Waals surface area (Å²) in [5.74, 6) is 1.31. The van der Waals surface area contributed by atoms with E-state index in [1.165, 1.54) is 0 Å². The van der Waals surface area contributed by atoms with Crippen LogP contribution >= 0.6 is 0 Å². The number of rotatable bonds is 7. The van der Waals surface area contributed by atoms with E-state index < -0.39 is 0 Å². The summed E-state index contributed by atoms with van der Waals surface area (Å²) in [5, 5.41) is 0. The van der Waals surface area contributed by atoms with Crippen molar-refractivity contribution in [1.82, 2.24) is 19.9 Å². The first-order valence-corrected chi connectivity index (χ1v) is 8.02. The number of nitrogens with zero attached hydrogens (tertiary/aromatic N) is 2. The number of fused-ring (bicyclic) bond motifs is 2. The van der Waals surface area contributed by atoms with Gasteiger partial charge in [-0.3, -0.25) is 0 Å². The summed E-state index contributed by atoms with van der Waals surface area (Å²) in [6.45, 7) is 1.24. The van der Waals surface area contributed by atoms with Crippen LogP contribution in [0.1, 0.15) is 12.8 Å². The maximum absolute atomic E-state index is 5.68. The summed E-state index contributed by atoms with van der Waals surface area (Å²) in [6, 6.07) is 11.6. The van der Waals surface area contributed by atoms with Crippen molar-refractivity contribution in [2.24, 2.45) is 0 Å². The molecule has 0 amide bonds. The number of hydrogen-bond donors (Lipinski definition) is 2. The van der Waals surface area contributed by atoms with Gasteiger partial charge in [0.05, 0.1) is 35.3 Å². The molecular formula is C18H18N4O2. The van der Waals surface area contributed by atoms with Gasteiger partial charge in [-0.05, 0) is 37.1 Å². The summed E-state index contributed by atoms with van der Waals surface area (Å²) in [7, 11) is 0. The van der Waals surface area contributed by atoms with Crippen LogP contribution < -0.4 is 9.47 Å². The molecule has 0 unspecified atom stereocenters. The summed E-state index contributed by atoms with van der Waals surface area (Å²) < 4.78 is 11.4. The molecule has 0 radical (unpaired) electrons. The molecule has 4 aromatic heterocycles. The van der Waals surface area contributed by atoms with Crippen LogP contribution in [0.15, 0.2) is 48.8 Å². The SMILES string of the molecule is c1cc2nc(OCCCCOc3ccc4[nH]ccc4n3)ccc2[nH]1. The monoisotopic (exact) mass is 322 g/mol. The van der Waals surface area contributed by atoms with Crippen LogP contribution in [0.4, 0.5) is 0 Å². The van der Waals surface area contributed by atoms with E-state index in [1.54, 1.807) is 0 Å². The molecule has 0 atom stereocenters. The van der Waals surface area contributed by atoms with E-state index in [1.807, 2.05) is 48.8 Å². The molecule has 4 heterocycles. The van der Waals surface area contributed by atoms with Crippen molar-refractivity contribution >= 4 is 22.1 Å². The summed E-state index contributed by atoms with van der Waals surface area (Å²) in [5.41, 5.74) is 3.87. The van der Waals surface area contributed by atoms with Gasteiger partial charge in [-0.25, -0.2) is 9.97 Å². The minimum absolute atomic E-state index is 0.622. The van der Waals surface area contributed by atoms with Gasteiger partial charge in [-0.1, -0.05) is 0 Å². The molecule has 6 nitrogen and oxygen atoms in total. The molecule has 24 heavy (non-hydrogen) atoms.